The van der Waals surface area contributed by atoms with Gasteiger partial charge in [0, 0.05) is 31.1 Å². The molecule has 1 aromatic rings. The van der Waals surface area contributed by atoms with Crippen LogP contribution in [0.25, 0.3) is 0 Å². The average Bonchev–Trinajstić information content (AvgIpc) is 3.16. The molecular formula is C17H22ClNO3. The summed E-state index contributed by atoms with van der Waals surface area (Å²) in [6, 6.07) is 4.52. The van der Waals surface area contributed by atoms with Crippen LogP contribution in [0, 0.1) is 11.8 Å². The summed E-state index contributed by atoms with van der Waals surface area (Å²) in [6.45, 7) is 3.25. The zero-order valence-electron chi connectivity index (χ0n) is 12.8. The Kier molecular flexibility index (Phi) is 4.33. The van der Waals surface area contributed by atoms with Crippen LogP contribution in [-0.4, -0.2) is 37.7 Å². The van der Waals surface area contributed by atoms with Crippen molar-refractivity contribution in [1.82, 2.24) is 4.90 Å². The Labute approximate surface area is 137 Å². The van der Waals surface area contributed by atoms with Crippen molar-refractivity contribution in [3.05, 3.63) is 28.8 Å². The van der Waals surface area contributed by atoms with Crippen LogP contribution in [0.5, 0.6) is 5.75 Å². The van der Waals surface area contributed by atoms with Gasteiger partial charge in [-0.2, -0.15) is 0 Å². The molecule has 2 fully saturated rings. The molecule has 22 heavy (non-hydrogen) atoms. The Morgan fingerprint density at radius 1 is 1.27 bits per heavy atom. The van der Waals surface area contributed by atoms with Gasteiger partial charge < -0.3 is 9.47 Å². The highest BCUT2D eigenvalue weighted by molar-refractivity contribution is 5.85. The van der Waals surface area contributed by atoms with Crippen LogP contribution in [0.3, 0.4) is 0 Å². The van der Waals surface area contributed by atoms with Crippen molar-refractivity contribution >= 4 is 18.4 Å². The molecule has 2 aliphatic heterocycles. The largest absolute Gasteiger partial charge is 0.496 e. The smallest absolute Gasteiger partial charge is 0.310 e. The zero-order valence-corrected chi connectivity index (χ0v) is 13.7. The number of likely N-dealkylation sites (tertiary alicyclic amines) is 1. The molecule has 0 unspecified atom stereocenters. The van der Waals surface area contributed by atoms with E-state index in [1.54, 1.807) is 7.11 Å². The molecule has 0 radical (unpaired) electrons. The summed E-state index contributed by atoms with van der Waals surface area (Å²) in [7, 11) is 1.75. The topological polar surface area (TPSA) is 38.8 Å². The number of rotatable bonds is 3. The highest BCUT2D eigenvalue weighted by Crippen LogP contribution is 2.34. The molecule has 0 N–H and O–H groups in total. The van der Waals surface area contributed by atoms with Crippen molar-refractivity contribution in [3.8, 4) is 5.75 Å². The monoisotopic (exact) mass is 323 g/mol. The van der Waals surface area contributed by atoms with Crippen LogP contribution in [0.15, 0.2) is 12.1 Å². The second kappa shape index (κ2) is 6.09. The molecule has 0 bridgehead atoms. The number of carbonyl (C=O) groups excluding carboxylic acids is 1. The maximum absolute atomic E-state index is 11.7. The van der Waals surface area contributed by atoms with Gasteiger partial charge in [0.15, 0.2) is 0 Å². The van der Waals surface area contributed by atoms with Crippen LogP contribution in [-0.2, 0) is 28.9 Å². The van der Waals surface area contributed by atoms with Crippen LogP contribution in [0.1, 0.15) is 23.1 Å². The maximum atomic E-state index is 11.7. The molecule has 0 spiro atoms. The van der Waals surface area contributed by atoms with E-state index in [9.17, 15) is 4.79 Å². The molecule has 2 saturated heterocycles. The molecule has 1 aromatic carbocycles. The van der Waals surface area contributed by atoms with Crippen LogP contribution >= 0.6 is 12.4 Å². The number of carbonyl (C=O) groups is 1. The first-order chi connectivity index (χ1) is 10.2. The second-order valence-electron chi connectivity index (χ2n) is 6.48. The lowest BCUT2D eigenvalue weighted by Crippen LogP contribution is -2.24. The molecule has 2 heterocycles. The summed E-state index contributed by atoms with van der Waals surface area (Å²) in [5, 5.41) is 0. The van der Waals surface area contributed by atoms with E-state index in [1.807, 2.05) is 0 Å². The standard InChI is InChI=1S/C17H21NO3.ClH/c1-20-16-6-12-4-2-3-11(12)5-13(16)7-18-8-14-10-21-17(19)15(14)9-18;/h5-6,14-15H,2-4,7-10H2,1H3;1H/t14-,15-;/m1./s1. The second-order valence-corrected chi connectivity index (χ2v) is 6.48. The first kappa shape index (κ1) is 15.6. The molecular weight excluding hydrogens is 302 g/mol. The summed E-state index contributed by atoms with van der Waals surface area (Å²) in [5.74, 6) is 1.46. The average molecular weight is 324 g/mol. The fourth-order valence-corrected chi connectivity index (χ4v) is 4.03. The molecule has 0 aromatic heterocycles. The lowest BCUT2D eigenvalue weighted by Gasteiger charge is -2.19. The molecule has 0 saturated carbocycles. The number of esters is 1. The third-order valence-corrected chi connectivity index (χ3v) is 5.15. The van der Waals surface area contributed by atoms with Gasteiger partial charge in [0.25, 0.3) is 0 Å². The Hall–Kier alpha value is -1.26. The third-order valence-electron chi connectivity index (χ3n) is 5.15. The molecule has 1 aliphatic carbocycles. The zero-order chi connectivity index (χ0) is 14.4. The van der Waals surface area contributed by atoms with Gasteiger partial charge in [-0.25, -0.2) is 0 Å². The number of fused-ring (bicyclic) bond motifs is 2. The van der Waals surface area contributed by atoms with Gasteiger partial charge in [0.05, 0.1) is 19.6 Å². The van der Waals surface area contributed by atoms with Crippen LogP contribution < -0.4 is 4.74 Å². The number of cyclic esters (lactones) is 1. The maximum Gasteiger partial charge on any atom is 0.310 e. The van der Waals surface area contributed by atoms with E-state index in [0.717, 1.165) is 25.4 Å². The Bertz CT molecular complexity index is 590. The number of aryl methyl sites for hydroxylation is 2. The number of hydrogen-bond acceptors (Lipinski definition) is 4. The van der Waals surface area contributed by atoms with Gasteiger partial charge in [-0.15, -0.1) is 12.4 Å². The van der Waals surface area contributed by atoms with Crippen molar-refractivity contribution < 1.29 is 14.3 Å². The number of hydrogen-bond donors (Lipinski definition) is 0. The fourth-order valence-electron chi connectivity index (χ4n) is 4.03. The van der Waals surface area contributed by atoms with Gasteiger partial charge in [0.2, 0.25) is 0 Å². The third kappa shape index (κ3) is 2.59. The van der Waals surface area contributed by atoms with E-state index in [1.165, 1.54) is 36.0 Å². The van der Waals surface area contributed by atoms with E-state index in [0.29, 0.717) is 12.5 Å². The lowest BCUT2D eigenvalue weighted by molar-refractivity contribution is -0.141. The minimum absolute atomic E-state index is 0. The molecule has 3 aliphatic rings. The lowest BCUT2D eigenvalue weighted by atomic mass is 10.0. The van der Waals surface area contributed by atoms with E-state index < -0.39 is 0 Å². The Morgan fingerprint density at radius 2 is 2.05 bits per heavy atom. The first-order valence-electron chi connectivity index (χ1n) is 7.82. The summed E-state index contributed by atoms with van der Waals surface area (Å²) in [4.78, 5) is 14.0. The molecule has 0 amide bonds. The molecule has 120 valence electrons. The molecule has 2 atom stereocenters. The van der Waals surface area contributed by atoms with Gasteiger partial charge >= 0.3 is 5.97 Å². The number of methoxy groups -OCH3 is 1. The Morgan fingerprint density at radius 3 is 2.77 bits per heavy atom. The minimum atomic E-state index is -0.0107. The highest BCUT2D eigenvalue weighted by atomic mass is 35.5. The van der Waals surface area contributed by atoms with Crippen LogP contribution in [0.2, 0.25) is 0 Å². The summed E-state index contributed by atoms with van der Waals surface area (Å²) >= 11 is 0. The number of halogens is 1. The van der Waals surface area contributed by atoms with Gasteiger partial charge in [-0.3, -0.25) is 9.69 Å². The van der Waals surface area contributed by atoms with Crippen LogP contribution in [0.4, 0.5) is 0 Å². The minimum Gasteiger partial charge on any atom is -0.496 e. The van der Waals surface area contributed by atoms with Gasteiger partial charge in [-0.1, -0.05) is 6.07 Å². The highest BCUT2D eigenvalue weighted by Gasteiger charge is 2.43. The number of ether oxygens (including phenoxy) is 2. The van der Waals surface area contributed by atoms with E-state index in [2.05, 4.69) is 17.0 Å². The predicted molar refractivity (Wildman–Crippen MR) is 85.5 cm³/mol. The van der Waals surface area contributed by atoms with Crippen molar-refractivity contribution in [3.63, 3.8) is 0 Å². The van der Waals surface area contributed by atoms with E-state index in [4.69, 9.17) is 9.47 Å². The first-order valence-corrected chi connectivity index (χ1v) is 7.82. The van der Waals surface area contributed by atoms with Crippen molar-refractivity contribution in [2.24, 2.45) is 11.8 Å². The summed E-state index contributed by atoms with van der Waals surface area (Å²) in [6.07, 6.45) is 3.61. The van der Waals surface area contributed by atoms with Crippen molar-refractivity contribution in [2.75, 3.05) is 26.8 Å². The van der Waals surface area contributed by atoms with Crippen molar-refractivity contribution in [2.45, 2.75) is 25.8 Å². The van der Waals surface area contributed by atoms with Crippen molar-refractivity contribution in [1.29, 1.82) is 0 Å². The normalized spacial score (nSPS) is 26.3. The summed E-state index contributed by atoms with van der Waals surface area (Å²) < 4.78 is 10.7. The van der Waals surface area contributed by atoms with Gasteiger partial charge in [-0.05, 0) is 36.5 Å². The molecule has 4 nitrogen and oxygen atoms in total. The van der Waals surface area contributed by atoms with E-state index >= 15 is 0 Å². The number of nitrogens with zero attached hydrogens (tertiary/aromatic N) is 1. The predicted octanol–water partition coefficient (Wildman–Crippen LogP) is 2.21. The van der Waals surface area contributed by atoms with Gasteiger partial charge in [0.1, 0.15) is 5.75 Å². The molecule has 5 heteroatoms. The fraction of sp³-hybridized carbons (Fsp3) is 0.588. The SMILES string of the molecule is COc1cc2c(cc1CN1C[C@@H]3COC(=O)[C@@H]3C1)CCC2.Cl. The Balaban J connectivity index is 0.00000144. The summed E-state index contributed by atoms with van der Waals surface area (Å²) in [5.41, 5.74) is 4.17. The molecule has 4 rings (SSSR count). The van der Waals surface area contributed by atoms with E-state index in [-0.39, 0.29) is 24.3 Å². The quantitative estimate of drug-likeness (QED) is 0.800. The number of benzene rings is 1.